The van der Waals surface area contributed by atoms with Gasteiger partial charge in [0.25, 0.3) is 0 Å². The van der Waals surface area contributed by atoms with Gasteiger partial charge in [-0.05, 0) is 99.0 Å². The van der Waals surface area contributed by atoms with E-state index in [1.165, 1.54) is 0 Å². The summed E-state index contributed by atoms with van der Waals surface area (Å²) < 4.78 is 27.6. The number of aryl methyl sites for hydroxylation is 2. The summed E-state index contributed by atoms with van der Waals surface area (Å²) in [6.07, 6.45) is 1.27. The zero-order valence-electron chi connectivity index (χ0n) is 21.5. The van der Waals surface area contributed by atoms with Crippen LogP contribution in [-0.4, -0.2) is 28.3 Å². The first kappa shape index (κ1) is 24.2. The van der Waals surface area contributed by atoms with E-state index >= 15 is 4.39 Å². The second kappa shape index (κ2) is 8.56. The van der Waals surface area contributed by atoms with Crippen molar-refractivity contribution in [2.24, 2.45) is 0 Å². The molecular formula is C30H30FNO4. The van der Waals surface area contributed by atoms with Crippen molar-refractivity contribution in [2.45, 2.75) is 59.7 Å². The van der Waals surface area contributed by atoms with Gasteiger partial charge in [0, 0.05) is 34.5 Å². The summed E-state index contributed by atoms with van der Waals surface area (Å²) in [5.41, 5.74) is 4.99. The van der Waals surface area contributed by atoms with Crippen LogP contribution in [0.3, 0.4) is 0 Å². The Bertz CT molecular complexity index is 1540. The summed E-state index contributed by atoms with van der Waals surface area (Å²) in [6.45, 7) is 11.5. The number of benzene rings is 3. The zero-order chi connectivity index (χ0) is 25.9. The van der Waals surface area contributed by atoms with Crippen LogP contribution in [0.5, 0.6) is 5.75 Å². The van der Waals surface area contributed by atoms with Crippen molar-refractivity contribution in [2.75, 3.05) is 6.61 Å². The highest BCUT2D eigenvalue weighted by Crippen LogP contribution is 2.46. The number of pyridine rings is 1. The van der Waals surface area contributed by atoms with Gasteiger partial charge in [0.15, 0.2) is 6.10 Å². The van der Waals surface area contributed by atoms with Gasteiger partial charge >= 0.3 is 5.97 Å². The van der Waals surface area contributed by atoms with Crippen LogP contribution in [0, 0.1) is 26.6 Å². The topological polar surface area (TPSA) is 68.7 Å². The summed E-state index contributed by atoms with van der Waals surface area (Å²) in [5.74, 6) is -0.652. The average Bonchev–Trinajstić information content (AvgIpc) is 2.81. The molecule has 0 amide bonds. The normalized spacial score (nSPS) is 14.2. The molecule has 0 radical (unpaired) electrons. The number of hydrogen-bond donors (Lipinski definition) is 1. The van der Waals surface area contributed by atoms with Crippen LogP contribution in [0.25, 0.3) is 32.8 Å². The van der Waals surface area contributed by atoms with Gasteiger partial charge in [0.1, 0.15) is 11.6 Å². The number of nitrogens with zero attached hydrogens (tertiary/aromatic N) is 1. The highest BCUT2D eigenvalue weighted by molar-refractivity contribution is 6.09. The molecule has 6 heteroatoms. The fraction of sp³-hybridized carbons (Fsp3) is 0.333. The lowest BCUT2D eigenvalue weighted by Crippen LogP contribution is -2.28. The molecule has 0 spiro atoms. The van der Waals surface area contributed by atoms with Gasteiger partial charge < -0.3 is 14.6 Å². The molecule has 4 aromatic rings. The number of aromatic nitrogens is 1. The number of hydrogen-bond acceptors (Lipinski definition) is 4. The second-order valence-corrected chi connectivity index (χ2v) is 10.6. The SMILES string of the molecule is Cc1cc2c(-c3ccc4c5c(ccnc35)CCO4)c(C(OC(C)(C)C)C(=O)O)c(C)cc2c(F)c1C. The molecule has 3 aromatic carbocycles. The van der Waals surface area contributed by atoms with Crippen LogP contribution < -0.4 is 4.74 Å². The Labute approximate surface area is 209 Å². The Hall–Kier alpha value is -3.51. The number of halogens is 1. The summed E-state index contributed by atoms with van der Waals surface area (Å²) in [5, 5.41) is 12.3. The molecule has 5 rings (SSSR count). The predicted octanol–water partition coefficient (Wildman–Crippen LogP) is 7.00. The maximum absolute atomic E-state index is 15.6. The Morgan fingerprint density at radius 3 is 2.53 bits per heavy atom. The lowest BCUT2D eigenvalue weighted by atomic mass is 9.84. The molecular weight excluding hydrogens is 457 g/mol. The minimum absolute atomic E-state index is 0.302. The fourth-order valence-electron chi connectivity index (χ4n) is 5.20. The standard InChI is InChI=1S/C30H30FNO4/c1-15-13-20-21(26(31)17(15)3)14-16(2)23(28(29(33)34)36-30(4,5)6)25(20)19-7-8-22-24-18(10-12-35-22)9-11-32-27(19)24/h7-9,11,13-14,28H,10,12H2,1-6H3,(H,33,34). The molecule has 5 nitrogen and oxygen atoms in total. The van der Waals surface area contributed by atoms with Gasteiger partial charge in [-0.1, -0.05) is 6.07 Å². The number of aliphatic carboxylic acids is 1. The number of fused-ring (bicyclic) bond motifs is 1. The molecule has 0 bridgehead atoms. The van der Waals surface area contributed by atoms with E-state index in [2.05, 4.69) is 0 Å². The molecule has 2 heterocycles. The maximum Gasteiger partial charge on any atom is 0.337 e. The summed E-state index contributed by atoms with van der Waals surface area (Å²) >= 11 is 0. The smallest absolute Gasteiger partial charge is 0.337 e. The number of carbonyl (C=O) groups is 1. The van der Waals surface area contributed by atoms with E-state index in [-0.39, 0.29) is 5.82 Å². The van der Waals surface area contributed by atoms with Crippen LogP contribution in [0.1, 0.15) is 54.7 Å². The summed E-state index contributed by atoms with van der Waals surface area (Å²) in [6, 6.07) is 9.47. The van der Waals surface area contributed by atoms with E-state index < -0.39 is 17.7 Å². The van der Waals surface area contributed by atoms with Gasteiger partial charge in [-0.2, -0.15) is 0 Å². The van der Waals surface area contributed by atoms with Crippen molar-refractivity contribution in [3.05, 3.63) is 70.2 Å². The fourth-order valence-corrected chi connectivity index (χ4v) is 5.20. The third-order valence-electron chi connectivity index (χ3n) is 6.93. The first-order chi connectivity index (χ1) is 17.0. The Morgan fingerprint density at radius 1 is 1.11 bits per heavy atom. The first-order valence-corrected chi connectivity index (χ1v) is 12.1. The molecule has 1 N–H and O–H groups in total. The lowest BCUT2D eigenvalue weighted by molar-refractivity contribution is -0.160. The summed E-state index contributed by atoms with van der Waals surface area (Å²) in [4.78, 5) is 17.3. The van der Waals surface area contributed by atoms with Crippen LogP contribution in [-0.2, 0) is 16.0 Å². The zero-order valence-corrected chi connectivity index (χ0v) is 21.5. The first-order valence-electron chi connectivity index (χ1n) is 12.1. The quantitative estimate of drug-likeness (QED) is 0.336. The summed E-state index contributed by atoms with van der Waals surface area (Å²) in [7, 11) is 0. The van der Waals surface area contributed by atoms with Crippen molar-refractivity contribution in [1.82, 2.24) is 4.98 Å². The molecule has 1 aliphatic heterocycles. The van der Waals surface area contributed by atoms with Crippen LogP contribution >= 0.6 is 0 Å². The maximum atomic E-state index is 15.6. The second-order valence-electron chi connectivity index (χ2n) is 10.6. The molecule has 186 valence electrons. The highest BCUT2D eigenvalue weighted by atomic mass is 19.1. The van der Waals surface area contributed by atoms with E-state index in [1.807, 2.05) is 58.9 Å². The molecule has 0 fully saturated rings. The van der Waals surface area contributed by atoms with Crippen molar-refractivity contribution in [1.29, 1.82) is 0 Å². The van der Waals surface area contributed by atoms with Crippen LogP contribution in [0.2, 0.25) is 0 Å². The molecule has 1 unspecified atom stereocenters. The van der Waals surface area contributed by atoms with Crippen LogP contribution in [0.15, 0.2) is 36.5 Å². The molecule has 0 aliphatic carbocycles. The van der Waals surface area contributed by atoms with E-state index in [1.54, 1.807) is 19.2 Å². The molecule has 0 saturated carbocycles. The Morgan fingerprint density at radius 2 is 1.83 bits per heavy atom. The van der Waals surface area contributed by atoms with Crippen LogP contribution in [0.4, 0.5) is 4.39 Å². The van der Waals surface area contributed by atoms with Crippen molar-refractivity contribution in [3.8, 4) is 16.9 Å². The largest absolute Gasteiger partial charge is 0.493 e. The van der Waals surface area contributed by atoms with Gasteiger partial charge in [-0.3, -0.25) is 4.98 Å². The average molecular weight is 488 g/mol. The van der Waals surface area contributed by atoms with Crippen molar-refractivity contribution in [3.63, 3.8) is 0 Å². The third kappa shape index (κ3) is 3.90. The van der Waals surface area contributed by atoms with E-state index in [0.717, 1.165) is 34.2 Å². The molecule has 36 heavy (non-hydrogen) atoms. The minimum Gasteiger partial charge on any atom is -0.493 e. The number of ether oxygens (including phenoxy) is 2. The van der Waals surface area contributed by atoms with Crippen molar-refractivity contribution >= 4 is 27.6 Å². The van der Waals surface area contributed by atoms with Gasteiger partial charge in [-0.25, -0.2) is 9.18 Å². The number of carboxylic acids is 1. The molecule has 1 aliphatic rings. The molecule has 0 saturated heterocycles. The van der Waals surface area contributed by atoms with Gasteiger partial charge in [0.2, 0.25) is 0 Å². The van der Waals surface area contributed by atoms with Crippen molar-refractivity contribution < 1.29 is 23.8 Å². The lowest BCUT2D eigenvalue weighted by Gasteiger charge is -2.29. The van der Waals surface area contributed by atoms with E-state index in [9.17, 15) is 9.90 Å². The Balaban J connectivity index is 1.97. The van der Waals surface area contributed by atoms with E-state index in [0.29, 0.717) is 45.1 Å². The highest BCUT2D eigenvalue weighted by Gasteiger charge is 2.33. The van der Waals surface area contributed by atoms with Gasteiger partial charge in [0.05, 0.1) is 17.7 Å². The third-order valence-corrected chi connectivity index (χ3v) is 6.93. The Kier molecular flexibility index (Phi) is 5.75. The molecule has 1 aromatic heterocycles. The predicted molar refractivity (Wildman–Crippen MR) is 139 cm³/mol. The molecule has 1 atom stereocenters. The van der Waals surface area contributed by atoms with Gasteiger partial charge in [-0.15, -0.1) is 0 Å². The monoisotopic (exact) mass is 487 g/mol. The minimum atomic E-state index is -1.25. The van der Waals surface area contributed by atoms with E-state index in [4.69, 9.17) is 14.5 Å². The number of carboxylic acid groups (broad SMARTS) is 1. The number of rotatable bonds is 4.